The van der Waals surface area contributed by atoms with Crippen molar-refractivity contribution in [3.05, 3.63) is 0 Å². The Hall–Kier alpha value is -0.0400. The van der Waals surface area contributed by atoms with Gasteiger partial charge in [-0.05, 0) is 37.0 Å². The molecule has 1 aliphatic carbocycles. The molecule has 1 N–H and O–H groups in total. The van der Waals surface area contributed by atoms with Gasteiger partial charge in [-0.2, -0.15) is 0 Å². The Morgan fingerprint density at radius 1 is 1.31 bits per heavy atom. The molecule has 0 aromatic heterocycles. The molecule has 0 heterocycles. The molecule has 1 unspecified atom stereocenters. The van der Waals surface area contributed by atoms with E-state index in [4.69, 9.17) is 0 Å². The SMILES string of the molecule is CCC(C(C)C)[C@H]1CCC[C@H](O)C1. The van der Waals surface area contributed by atoms with Crippen molar-refractivity contribution in [1.29, 1.82) is 0 Å². The molecule has 13 heavy (non-hydrogen) atoms. The van der Waals surface area contributed by atoms with Gasteiger partial charge in [0, 0.05) is 0 Å². The third-order valence-corrected chi connectivity index (χ3v) is 3.62. The van der Waals surface area contributed by atoms with Crippen LogP contribution >= 0.6 is 0 Å². The summed E-state index contributed by atoms with van der Waals surface area (Å²) in [6.45, 7) is 6.91. The molecular weight excluding hydrogens is 160 g/mol. The van der Waals surface area contributed by atoms with Gasteiger partial charge in [0.1, 0.15) is 0 Å². The van der Waals surface area contributed by atoms with E-state index < -0.39 is 0 Å². The lowest BCUT2D eigenvalue weighted by Gasteiger charge is -2.34. The van der Waals surface area contributed by atoms with Crippen LogP contribution in [0.2, 0.25) is 0 Å². The highest BCUT2D eigenvalue weighted by Crippen LogP contribution is 2.35. The predicted octanol–water partition coefficient (Wildman–Crippen LogP) is 3.22. The largest absolute Gasteiger partial charge is 0.393 e. The minimum absolute atomic E-state index is 0.00782. The number of hydrogen-bond donors (Lipinski definition) is 1. The van der Waals surface area contributed by atoms with Gasteiger partial charge < -0.3 is 5.11 Å². The van der Waals surface area contributed by atoms with Crippen molar-refractivity contribution in [2.24, 2.45) is 17.8 Å². The lowest BCUT2D eigenvalue weighted by Crippen LogP contribution is -2.28. The summed E-state index contributed by atoms with van der Waals surface area (Å²) in [5.41, 5.74) is 0. The fourth-order valence-electron chi connectivity index (χ4n) is 2.94. The van der Waals surface area contributed by atoms with Gasteiger partial charge in [-0.3, -0.25) is 0 Å². The van der Waals surface area contributed by atoms with Gasteiger partial charge in [0.15, 0.2) is 0 Å². The van der Waals surface area contributed by atoms with Gasteiger partial charge in [0.2, 0.25) is 0 Å². The molecule has 3 atom stereocenters. The van der Waals surface area contributed by atoms with Gasteiger partial charge in [-0.1, -0.05) is 33.6 Å². The summed E-state index contributed by atoms with van der Waals surface area (Å²) in [5, 5.41) is 9.61. The number of hydrogen-bond acceptors (Lipinski definition) is 1. The summed E-state index contributed by atoms with van der Waals surface area (Å²) in [6, 6.07) is 0. The maximum absolute atomic E-state index is 9.61. The van der Waals surface area contributed by atoms with Gasteiger partial charge in [0.25, 0.3) is 0 Å². The van der Waals surface area contributed by atoms with E-state index >= 15 is 0 Å². The molecule has 1 rings (SSSR count). The zero-order chi connectivity index (χ0) is 9.84. The lowest BCUT2D eigenvalue weighted by molar-refractivity contribution is 0.0670. The van der Waals surface area contributed by atoms with E-state index in [-0.39, 0.29) is 6.10 Å². The fourth-order valence-corrected chi connectivity index (χ4v) is 2.94. The summed E-state index contributed by atoms with van der Waals surface area (Å²) in [7, 11) is 0. The smallest absolute Gasteiger partial charge is 0.0543 e. The van der Waals surface area contributed by atoms with Crippen LogP contribution in [0.15, 0.2) is 0 Å². The fraction of sp³-hybridized carbons (Fsp3) is 1.00. The van der Waals surface area contributed by atoms with Gasteiger partial charge in [-0.25, -0.2) is 0 Å². The molecule has 0 bridgehead atoms. The molecule has 78 valence electrons. The molecule has 0 amide bonds. The zero-order valence-electron chi connectivity index (χ0n) is 9.29. The van der Waals surface area contributed by atoms with E-state index in [0.717, 1.165) is 30.6 Å². The van der Waals surface area contributed by atoms with Crippen LogP contribution in [0.3, 0.4) is 0 Å². The van der Waals surface area contributed by atoms with Gasteiger partial charge in [0.05, 0.1) is 6.10 Å². The Morgan fingerprint density at radius 2 is 2.00 bits per heavy atom. The maximum Gasteiger partial charge on any atom is 0.0543 e. The molecule has 0 aromatic carbocycles. The summed E-state index contributed by atoms with van der Waals surface area (Å²) >= 11 is 0. The molecule has 0 spiro atoms. The van der Waals surface area contributed by atoms with Crippen LogP contribution in [0, 0.1) is 17.8 Å². The third kappa shape index (κ3) is 2.98. The average Bonchev–Trinajstić information content (AvgIpc) is 2.04. The zero-order valence-corrected chi connectivity index (χ0v) is 9.29. The Bertz CT molecular complexity index is 142. The molecule has 0 radical (unpaired) electrons. The quantitative estimate of drug-likeness (QED) is 0.714. The van der Waals surface area contributed by atoms with Crippen LogP contribution in [-0.2, 0) is 0 Å². The average molecular weight is 184 g/mol. The van der Waals surface area contributed by atoms with E-state index in [1.807, 2.05) is 0 Å². The van der Waals surface area contributed by atoms with Crippen molar-refractivity contribution in [2.75, 3.05) is 0 Å². The minimum atomic E-state index is -0.00782. The van der Waals surface area contributed by atoms with Crippen LogP contribution in [0.4, 0.5) is 0 Å². The molecule has 1 nitrogen and oxygen atoms in total. The highest BCUT2D eigenvalue weighted by atomic mass is 16.3. The van der Waals surface area contributed by atoms with E-state index in [9.17, 15) is 5.11 Å². The van der Waals surface area contributed by atoms with E-state index in [2.05, 4.69) is 20.8 Å². The van der Waals surface area contributed by atoms with Crippen LogP contribution in [0.25, 0.3) is 0 Å². The predicted molar refractivity (Wildman–Crippen MR) is 56.6 cm³/mol. The molecule has 1 aliphatic rings. The van der Waals surface area contributed by atoms with Gasteiger partial charge >= 0.3 is 0 Å². The Kier molecular flexibility index (Phi) is 4.24. The third-order valence-electron chi connectivity index (χ3n) is 3.62. The second-order valence-electron chi connectivity index (χ2n) is 4.90. The molecule has 0 aliphatic heterocycles. The van der Waals surface area contributed by atoms with Gasteiger partial charge in [-0.15, -0.1) is 0 Å². The monoisotopic (exact) mass is 184 g/mol. The second kappa shape index (κ2) is 4.99. The molecule has 0 saturated heterocycles. The molecule has 1 fully saturated rings. The van der Waals surface area contributed by atoms with E-state index in [0.29, 0.717) is 0 Å². The lowest BCUT2D eigenvalue weighted by atomic mass is 9.73. The Balaban J connectivity index is 2.47. The van der Waals surface area contributed by atoms with Crippen molar-refractivity contribution in [3.63, 3.8) is 0 Å². The first kappa shape index (κ1) is 11.0. The minimum Gasteiger partial charge on any atom is -0.393 e. The molecule has 0 aromatic rings. The van der Waals surface area contributed by atoms with Crippen molar-refractivity contribution >= 4 is 0 Å². The molecule has 1 heteroatoms. The molecule has 1 saturated carbocycles. The van der Waals surface area contributed by atoms with Crippen molar-refractivity contribution < 1.29 is 5.11 Å². The summed E-state index contributed by atoms with van der Waals surface area (Å²) in [6.07, 6.45) is 5.92. The Morgan fingerprint density at radius 3 is 2.46 bits per heavy atom. The Labute approximate surface area is 82.5 Å². The first-order valence-electron chi connectivity index (χ1n) is 5.83. The maximum atomic E-state index is 9.61. The van der Waals surface area contributed by atoms with Crippen molar-refractivity contribution in [3.8, 4) is 0 Å². The number of rotatable bonds is 3. The van der Waals surface area contributed by atoms with Crippen LogP contribution in [0.5, 0.6) is 0 Å². The van der Waals surface area contributed by atoms with Crippen molar-refractivity contribution in [1.82, 2.24) is 0 Å². The summed E-state index contributed by atoms with van der Waals surface area (Å²) < 4.78 is 0. The summed E-state index contributed by atoms with van der Waals surface area (Å²) in [4.78, 5) is 0. The standard InChI is InChI=1S/C12H24O/c1-4-12(9(2)3)10-6-5-7-11(13)8-10/h9-13H,4-8H2,1-3H3/t10-,11-,12?/m0/s1. The summed E-state index contributed by atoms with van der Waals surface area (Å²) in [5.74, 6) is 2.39. The first-order valence-corrected chi connectivity index (χ1v) is 5.83. The molecular formula is C12H24O. The van der Waals surface area contributed by atoms with Crippen molar-refractivity contribution in [2.45, 2.75) is 59.0 Å². The van der Waals surface area contributed by atoms with E-state index in [1.165, 1.54) is 19.3 Å². The highest BCUT2D eigenvalue weighted by Gasteiger charge is 2.27. The number of aliphatic hydroxyl groups is 1. The van der Waals surface area contributed by atoms with Crippen LogP contribution in [-0.4, -0.2) is 11.2 Å². The number of aliphatic hydroxyl groups excluding tert-OH is 1. The first-order chi connectivity index (χ1) is 6.15. The van der Waals surface area contributed by atoms with Crippen LogP contribution in [0.1, 0.15) is 52.9 Å². The second-order valence-corrected chi connectivity index (χ2v) is 4.90. The highest BCUT2D eigenvalue weighted by molar-refractivity contribution is 4.78. The van der Waals surface area contributed by atoms with Crippen LogP contribution < -0.4 is 0 Å². The normalized spacial score (nSPS) is 32.1. The topological polar surface area (TPSA) is 20.2 Å². The van der Waals surface area contributed by atoms with E-state index in [1.54, 1.807) is 0 Å².